The van der Waals surface area contributed by atoms with Crippen molar-refractivity contribution in [2.24, 2.45) is 0 Å². The van der Waals surface area contributed by atoms with Crippen molar-refractivity contribution in [3.63, 3.8) is 0 Å². The highest BCUT2D eigenvalue weighted by atomic mass is 16.5. The van der Waals surface area contributed by atoms with Crippen molar-refractivity contribution in [2.45, 2.75) is 20.0 Å². The van der Waals surface area contributed by atoms with Crippen LogP contribution in [0.3, 0.4) is 0 Å². The van der Waals surface area contributed by atoms with Crippen LogP contribution in [0.2, 0.25) is 0 Å². The monoisotopic (exact) mass is 240 g/mol. The Morgan fingerprint density at radius 1 is 1.00 bits per heavy atom. The molecule has 2 rings (SSSR count). The molecule has 0 bridgehead atoms. The number of para-hydroxylation sites is 1. The lowest BCUT2D eigenvalue weighted by Crippen LogP contribution is -2.01. The zero-order chi connectivity index (χ0) is 12.8. The first-order chi connectivity index (χ1) is 8.85. The van der Waals surface area contributed by atoms with Gasteiger partial charge in [-0.2, -0.15) is 0 Å². The molecule has 0 amide bonds. The van der Waals surface area contributed by atoms with Crippen LogP contribution in [0.5, 0.6) is 5.75 Å². The number of hydrogen-bond acceptors (Lipinski definition) is 2. The lowest BCUT2D eigenvalue weighted by molar-refractivity contribution is 0.112. The molecule has 18 heavy (non-hydrogen) atoms. The maximum Gasteiger partial charge on any atom is 0.150 e. The second-order valence-electron chi connectivity index (χ2n) is 4.07. The predicted molar refractivity (Wildman–Crippen MR) is 72.0 cm³/mol. The van der Waals surface area contributed by atoms with Crippen LogP contribution in [0.1, 0.15) is 28.4 Å². The molecule has 0 atom stereocenters. The van der Waals surface area contributed by atoms with Crippen LogP contribution in [-0.2, 0) is 13.0 Å². The molecule has 0 spiro atoms. The minimum atomic E-state index is 0.423. The summed E-state index contributed by atoms with van der Waals surface area (Å²) >= 11 is 0. The van der Waals surface area contributed by atoms with Gasteiger partial charge in [-0.1, -0.05) is 49.4 Å². The van der Waals surface area contributed by atoms with E-state index >= 15 is 0 Å². The summed E-state index contributed by atoms with van der Waals surface area (Å²) in [6, 6.07) is 15.5. The van der Waals surface area contributed by atoms with Gasteiger partial charge in [-0.3, -0.25) is 4.79 Å². The summed E-state index contributed by atoms with van der Waals surface area (Å²) in [5, 5.41) is 0. The number of carbonyl (C=O) groups excluding carboxylic acids is 1. The minimum Gasteiger partial charge on any atom is -0.489 e. The lowest BCUT2D eigenvalue weighted by Gasteiger charge is -2.11. The van der Waals surface area contributed by atoms with E-state index in [1.54, 1.807) is 6.07 Å². The first-order valence-corrected chi connectivity index (χ1v) is 6.09. The number of rotatable bonds is 5. The van der Waals surface area contributed by atoms with Gasteiger partial charge in [0.1, 0.15) is 18.6 Å². The quantitative estimate of drug-likeness (QED) is 0.746. The van der Waals surface area contributed by atoms with Gasteiger partial charge in [-0.15, -0.1) is 0 Å². The molecule has 0 N–H and O–H groups in total. The molecule has 2 heteroatoms. The molecule has 0 unspecified atom stereocenters. The number of carbonyl (C=O) groups is 1. The van der Waals surface area contributed by atoms with Gasteiger partial charge in [0.15, 0.2) is 0 Å². The van der Waals surface area contributed by atoms with E-state index in [0.717, 1.165) is 24.0 Å². The average Bonchev–Trinajstić information content (AvgIpc) is 2.45. The third-order valence-electron chi connectivity index (χ3n) is 2.92. The van der Waals surface area contributed by atoms with Crippen molar-refractivity contribution in [2.75, 3.05) is 0 Å². The van der Waals surface area contributed by atoms with Crippen LogP contribution in [-0.4, -0.2) is 6.29 Å². The molecule has 0 aliphatic rings. The van der Waals surface area contributed by atoms with Gasteiger partial charge in [0.2, 0.25) is 0 Å². The van der Waals surface area contributed by atoms with Gasteiger partial charge in [-0.05, 0) is 23.6 Å². The predicted octanol–water partition coefficient (Wildman–Crippen LogP) is 3.64. The normalized spacial score (nSPS) is 10.1. The molecule has 92 valence electrons. The second kappa shape index (κ2) is 6.01. The first kappa shape index (κ1) is 12.4. The van der Waals surface area contributed by atoms with E-state index in [1.807, 2.05) is 36.4 Å². The van der Waals surface area contributed by atoms with Crippen molar-refractivity contribution in [3.8, 4) is 5.75 Å². The summed E-state index contributed by atoms with van der Waals surface area (Å²) in [6.45, 7) is 2.52. The van der Waals surface area contributed by atoms with Gasteiger partial charge in [-0.25, -0.2) is 0 Å². The van der Waals surface area contributed by atoms with E-state index in [1.165, 1.54) is 5.56 Å². The molecule has 0 aromatic heterocycles. The summed E-state index contributed by atoms with van der Waals surface area (Å²) < 4.78 is 5.80. The van der Waals surface area contributed by atoms with Gasteiger partial charge >= 0.3 is 0 Å². The standard InChI is InChI=1S/C16H16O2/c1-2-13-7-5-6-10-16(13)18-12-15-9-4-3-8-14(15)11-17/h3-11H,2,12H2,1H3. The number of hydrogen-bond donors (Lipinski definition) is 0. The maximum atomic E-state index is 10.9. The van der Waals surface area contributed by atoms with E-state index in [9.17, 15) is 4.79 Å². The fraction of sp³-hybridized carbons (Fsp3) is 0.188. The molecule has 0 aliphatic heterocycles. The van der Waals surface area contributed by atoms with Crippen LogP contribution >= 0.6 is 0 Å². The molecule has 0 aliphatic carbocycles. The van der Waals surface area contributed by atoms with Crippen LogP contribution in [0.15, 0.2) is 48.5 Å². The minimum absolute atomic E-state index is 0.423. The Hall–Kier alpha value is -2.09. The highest BCUT2D eigenvalue weighted by Gasteiger charge is 2.04. The first-order valence-electron chi connectivity index (χ1n) is 6.09. The van der Waals surface area contributed by atoms with Crippen LogP contribution in [0.4, 0.5) is 0 Å². The largest absolute Gasteiger partial charge is 0.489 e. The molecule has 0 saturated carbocycles. The molecule has 0 saturated heterocycles. The zero-order valence-corrected chi connectivity index (χ0v) is 10.4. The summed E-state index contributed by atoms with van der Waals surface area (Å²) in [5.74, 6) is 0.890. The highest BCUT2D eigenvalue weighted by Crippen LogP contribution is 2.20. The number of aryl methyl sites for hydroxylation is 1. The van der Waals surface area contributed by atoms with Crippen molar-refractivity contribution < 1.29 is 9.53 Å². The van der Waals surface area contributed by atoms with Crippen LogP contribution in [0, 0.1) is 0 Å². The van der Waals surface area contributed by atoms with Crippen molar-refractivity contribution >= 4 is 6.29 Å². The average molecular weight is 240 g/mol. The van der Waals surface area contributed by atoms with E-state index in [2.05, 4.69) is 13.0 Å². The summed E-state index contributed by atoms with van der Waals surface area (Å²) in [7, 11) is 0. The Morgan fingerprint density at radius 3 is 2.39 bits per heavy atom. The molecule has 2 aromatic rings. The Bertz CT molecular complexity index is 532. The lowest BCUT2D eigenvalue weighted by atomic mass is 10.1. The summed E-state index contributed by atoms with van der Waals surface area (Å²) in [4.78, 5) is 10.9. The molecule has 0 radical (unpaired) electrons. The number of ether oxygens (including phenoxy) is 1. The smallest absolute Gasteiger partial charge is 0.150 e. The zero-order valence-electron chi connectivity index (χ0n) is 10.4. The van der Waals surface area contributed by atoms with Crippen LogP contribution in [0.25, 0.3) is 0 Å². The molecule has 0 fully saturated rings. The van der Waals surface area contributed by atoms with Gasteiger partial charge in [0.25, 0.3) is 0 Å². The summed E-state index contributed by atoms with van der Waals surface area (Å²) in [6.07, 6.45) is 1.80. The summed E-state index contributed by atoms with van der Waals surface area (Å²) in [5.41, 5.74) is 2.78. The van der Waals surface area contributed by atoms with Crippen LogP contribution < -0.4 is 4.74 Å². The Labute approximate surface area is 107 Å². The van der Waals surface area contributed by atoms with Crippen molar-refractivity contribution in [1.29, 1.82) is 0 Å². The Kier molecular flexibility index (Phi) is 4.13. The molecular formula is C16H16O2. The second-order valence-corrected chi connectivity index (χ2v) is 4.07. The van der Waals surface area contributed by atoms with E-state index in [0.29, 0.717) is 12.2 Å². The molecule has 2 nitrogen and oxygen atoms in total. The molecule has 0 heterocycles. The fourth-order valence-electron chi connectivity index (χ4n) is 1.87. The molecular weight excluding hydrogens is 224 g/mol. The van der Waals surface area contributed by atoms with Gasteiger partial charge in [0.05, 0.1) is 0 Å². The van der Waals surface area contributed by atoms with Gasteiger partial charge < -0.3 is 4.74 Å². The molecule has 2 aromatic carbocycles. The van der Waals surface area contributed by atoms with Gasteiger partial charge in [0, 0.05) is 5.56 Å². The van der Waals surface area contributed by atoms with E-state index < -0.39 is 0 Å². The Morgan fingerprint density at radius 2 is 1.67 bits per heavy atom. The fourth-order valence-corrected chi connectivity index (χ4v) is 1.87. The third kappa shape index (κ3) is 2.77. The number of benzene rings is 2. The van der Waals surface area contributed by atoms with E-state index in [4.69, 9.17) is 4.74 Å². The Balaban J connectivity index is 2.14. The third-order valence-corrected chi connectivity index (χ3v) is 2.92. The number of aldehydes is 1. The topological polar surface area (TPSA) is 26.3 Å². The SMILES string of the molecule is CCc1ccccc1OCc1ccccc1C=O. The van der Waals surface area contributed by atoms with E-state index in [-0.39, 0.29) is 0 Å². The van der Waals surface area contributed by atoms with Crippen molar-refractivity contribution in [1.82, 2.24) is 0 Å². The highest BCUT2D eigenvalue weighted by molar-refractivity contribution is 5.77. The maximum absolute atomic E-state index is 10.9. The van der Waals surface area contributed by atoms with Crippen molar-refractivity contribution in [3.05, 3.63) is 65.2 Å².